The Hall–Kier alpha value is -0.710. The summed E-state index contributed by atoms with van der Waals surface area (Å²) < 4.78 is 1.12. The molecule has 0 aliphatic rings. The van der Waals surface area contributed by atoms with Crippen molar-refractivity contribution >= 4 is 27.3 Å². The maximum atomic E-state index is 4.40. The molecule has 0 atom stereocenters. The van der Waals surface area contributed by atoms with E-state index in [9.17, 15) is 0 Å². The van der Waals surface area contributed by atoms with Crippen molar-refractivity contribution in [2.24, 2.45) is 0 Å². The van der Waals surface area contributed by atoms with Gasteiger partial charge in [-0.2, -0.15) is 0 Å². The van der Waals surface area contributed by atoms with Gasteiger partial charge in [-0.3, -0.25) is 0 Å². The van der Waals surface area contributed by atoms with Crippen LogP contribution in [0.2, 0.25) is 0 Å². The van der Waals surface area contributed by atoms with E-state index in [1.807, 2.05) is 6.92 Å². The average molecular weight is 297 g/mol. The summed E-state index contributed by atoms with van der Waals surface area (Å²) in [6.45, 7) is 3.75. The lowest BCUT2D eigenvalue weighted by Gasteiger charge is -2.02. The molecule has 0 amide bonds. The number of aryl methyl sites for hydroxylation is 1. The van der Waals surface area contributed by atoms with E-state index >= 15 is 0 Å². The van der Waals surface area contributed by atoms with Crippen molar-refractivity contribution in [3.63, 3.8) is 0 Å². The highest BCUT2D eigenvalue weighted by molar-refractivity contribution is 9.10. The van der Waals surface area contributed by atoms with Crippen LogP contribution in [-0.4, -0.2) is 4.98 Å². The molecule has 84 valence electrons. The SMILES string of the molecule is Cc1csc(CNCc2ccc(Br)cc2)n1. The summed E-state index contributed by atoms with van der Waals surface area (Å²) in [5, 5.41) is 6.61. The van der Waals surface area contributed by atoms with E-state index in [1.54, 1.807) is 11.3 Å². The number of rotatable bonds is 4. The van der Waals surface area contributed by atoms with Gasteiger partial charge in [0.1, 0.15) is 5.01 Å². The first-order chi connectivity index (χ1) is 7.74. The quantitative estimate of drug-likeness (QED) is 0.934. The number of nitrogens with zero attached hydrogens (tertiary/aromatic N) is 1. The first kappa shape index (κ1) is 11.8. The third kappa shape index (κ3) is 3.40. The summed E-state index contributed by atoms with van der Waals surface area (Å²) >= 11 is 5.13. The Bertz CT molecular complexity index is 450. The number of hydrogen-bond acceptors (Lipinski definition) is 3. The minimum atomic E-state index is 0.842. The smallest absolute Gasteiger partial charge is 0.107 e. The summed E-state index contributed by atoms with van der Waals surface area (Å²) in [4.78, 5) is 4.40. The van der Waals surface area contributed by atoms with Crippen molar-refractivity contribution < 1.29 is 0 Å². The van der Waals surface area contributed by atoms with Gasteiger partial charge in [0.2, 0.25) is 0 Å². The first-order valence-electron chi connectivity index (χ1n) is 5.10. The number of hydrogen-bond donors (Lipinski definition) is 1. The third-order valence-corrected chi connectivity index (χ3v) is 3.68. The van der Waals surface area contributed by atoms with Crippen molar-refractivity contribution in [3.8, 4) is 0 Å². The Kier molecular flexibility index (Phi) is 4.09. The van der Waals surface area contributed by atoms with Crippen LogP contribution in [0, 0.1) is 6.92 Å². The van der Waals surface area contributed by atoms with Gasteiger partial charge in [0.25, 0.3) is 0 Å². The highest BCUT2D eigenvalue weighted by atomic mass is 79.9. The van der Waals surface area contributed by atoms with Crippen LogP contribution < -0.4 is 5.32 Å². The molecule has 1 aromatic heterocycles. The van der Waals surface area contributed by atoms with E-state index in [-0.39, 0.29) is 0 Å². The second-order valence-corrected chi connectivity index (χ2v) is 5.47. The molecule has 0 saturated carbocycles. The fourth-order valence-electron chi connectivity index (χ4n) is 1.40. The summed E-state index contributed by atoms with van der Waals surface area (Å²) in [7, 11) is 0. The van der Waals surface area contributed by atoms with Crippen molar-refractivity contribution in [2.45, 2.75) is 20.0 Å². The molecule has 4 heteroatoms. The van der Waals surface area contributed by atoms with Crippen LogP contribution in [0.3, 0.4) is 0 Å². The normalized spacial score (nSPS) is 10.6. The van der Waals surface area contributed by atoms with Gasteiger partial charge >= 0.3 is 0 Å². The van der Waals surface area contributed by atoms with Gasteiger partial charge in [0.15, 0.2) is 0 Å². The van der Waals surface area contributed by atoms with Gasteiger partial charge in [-0.05, 0) is 24.6 Å². The lowest BCUT2D eigenvalue weighted by atomic mass is 10.2. The lowest BCUT2D eigenvalue weighted by molar-refractivity contribution is 0.689. The van der Waals surface area contributed by atoms with Gasteiger partial charge in [-0.1, -0.05) is 28.1 Å². The molecule has 2 rings (SSSR count). The maximum absolute atomic E-state index is 4.40. The Morgan fingerprint density at radius 3 is 2.62 bits per heavy atom. The summed E-state index contributed by atoms with van der Waals surface area (Å²) in [5.74, 6) is 0. The molecule has 1 aromatic carbocycles. The molecule has 0 aliphatic heterocycles. The molecule has 0 bridgehead atoms. The van der Waals surface area contributed by atoms with Gasteiger partial charge < -0.3 is 5.32 Å². The maximum Gasteiger partial charge on any atom is 0.107 e. The number of aromatic nitrogens is 1. The van der Waals surface area contributed by atoms with E-state index in [0.29, 0.717) is 0 Å². The second-order valence-electron chi connectivity index (χ2n) is 3.61. The minimum Gasteiger partial charge on any atom is -0.306 e. The molecule has 1 heterocycles. The molecule has 1 N–H and O–H groups in total. The molecule has 0 saturated heterocycles. The van der Waals surface area contributed by atoms with Crippen LogP contribution in [0.4, 0.5) is 0 Å². The van der Waals surface area contributed by atoms with Crippen molar-refractivity contribution in [1.29, 1.82) is 0 Å². The van der Waals surface area contributed by atoms with Gasteiger partial charge in [-0.25, -0.2) is 4.98 Å². The Morgan fingerprint density at radius 1 is 1.25 bits per heavy atom. The number of halogens is 1. The zero-order valence-corrected chi connectivity index (χ0v) is 11.4. The van der Waals surface area contributed by atoms with Gasteiger partial charge in [0, 0.05) is 28.6 Å². The standard InChI is InChI=1S/C12H13BrN2S/c1-9-8-16-12(15-9)7-14-6-10-2-4-11(13)5-3-10/h2-5,8,14H,6-7H2,1H3. The zero-order valence-electron chi connectivity index (χ0n) is 9.03. The van der Waals surface area contributed by atoms with E-state index < -0.39 is 0 Å². The van der Waals surface area contributed by atoms with Gasteiger partial charge in [-0.15, -0.1) is 11.3 Å². The molecule has 16 heavy (non-hydrogen) atoms. The summed E-state index contributed by atoms with van der Waals surface area (Å²) in [5.41, 5.74) is 2.39. The Labute approximate surface area is 108 Å². The molecular formula is C12H13BrN2S. The van der Waals surface area contributed by atoms with Crippen molar-refractivity contribution in [2.75, 3.05) is 0 Å². The summed E-state index contributed by atoms with van der Waals surface area (Å²) in [6, 6.07) is 8.35. The van der Waals surface area contributed by atoms with Crippen LogP contribution in [0.1, 0.15) is 16.3 Å². The van der Waals surface area contributed by atoms with Crippen LogP contribution in [-0.2, 0) is 13.1 Å². The Morgan fingerprint density at radius 2 is 2.00 bits per heavy atom. The zero-order chi connectivity index (χ0) is 11.4. The predicted molar refractivity (Wildman–Crippen MR) is 71.5 cm³/mol. The topological polar surface area (TPSA) is 24.9 Å². The van der Waals surface area contributed by atoms with E-state index in [0.717, 1.165) is 28.3 Å². The second kappa shape index (κ2) is 5.57. The monoisotopic (exact) mass is 296 g/mol. The van der Waals surface area contributed by atoms with Crippen LogP contribution >= 0.6 is 27.3 Å². The molecule has 0 aliphatic carbocycles. The summed E-state index contributed by atoms with van der Waals surface area (Å²) in [6.07, 6.45) is 0. The molecule has 0 fully saturated rings. The van der Waals surface area contributed by atoms with Crippen molar-refractivity contribution in [1.82, 2.24) is 10.3 Å². The van der Waals surface area contributed by atoms with Crippen LogP contribution in [0.5, 0.6) is 0 Å². The largest absolute Gasteiger partial charge is 0.306 e. The molecule has 2 aromatic rings. The molecule has 0 spiro atoms. The first-order valence-corrected chi connectivity index (χ1v) is 6.77. The molecule has 2 nitrogen and oxygen atoms in total. The number of thiazole rings is 1. The molecular weight excluding hydrogens is 284 g/mol. The fraction of sp³-hybridized carbons (Fsp3) is 0.250. The molecule has 0 radical (unpaired) electrons. The predicted octanol–water partition coefficient (Wildman–Crippen LogP) is 3.50. The van der Waals surface area contributed by atoms with Crippen molar-refractivity contribution in [3.05, 3.63) is 50.4 Å². The highest BCUT2D eigenvalue weighted by Gasteiger charge is 1.98. The minimum absolute atomic E-state index is 0.842. The fourth-order valence-corrected chi connectivity index (χ4v) is 2.41. The van der Waals surface area contributed by atoms with E-state index in [1.165, 1.54) is 5.56 Å². The van der Waals surface area contributed by atoms with E-state index in [2.05, 4.69) is 55.9 Å². The van der Waals surface area contributed by atoms with Gasteiger partial charge in [0.05, 0.1) is 0 Å². The van der Waals surface area contributed by atoms with Crippen LogP contribution in [0.25, 0.3) is 0 Å². The Balaban J connectivity index is 1.82. The number of benzene rings is 1. The number of nitrogens with one attached hydrogen (secondary N) is 1. The molecule has 0 unspecified atom stereocenters. The van der Waals surface area contributed by atoms with E-state index in [4.69, 9.17) is 0 Å². The van der Waals surface area contributed by atoms with Crippen LogP contribution in [0.15, 0.2) is 34.1 Å². The third-order valence-electron chi connectivity index (χ3n) is 2.19. The lowest BCUT2D eigenvalue weighted by Crippen LogP contribution is -2.12. The average Bonchev–Trinajstić information content (AvgIpc) is 2.67. The highest BCUT2D eigenvalue weighted by Crippen LogP contribution is 2.11.